The van der Waals surface area contributed by atoms with Gasteiger partial charge in [-0.3, -0.25) is 4.99 Å². The van der Waals surface area contributed by atoms with Crippen LogP contribution in [-0.4, -0.2) is 12.8 Å². The zero-order valence-corrected chi connectivity index (χ0v) is 11.1. The van der Waals surface area contributed by atoms with Crippen molar-refractivity contribution in [1.29, 1.82) is 0 Å². The Balaban J connectivity index is 0.000001000. The monoisotopic (exact) mass is 319 g/mol. The van der Waals surface area contributed by atoms with E-state index in [2.05, 4.69) is 24.2 Å². The molecule has 0 amide bonds. The summed E-state index contributed by atoms with van der Waals surface area (Å²) in [6, 6.07) is 2.14. The number of rotatable bonds is 2. The molecule has 0 bridgehead atoms. The van der Waals surface area contributed by atoms with Gasteiger partial charge in [0.15, 0.2) is 0 Å². The normalized spacial score (nSPS) is 11.3. The average Bonchev–Trinajstić information content (AvgIpc) is 2.37. The highest BCUT2D eigenvalue weighted by Crippen LogP contribution is 2.20. The maximum atomic E-state index is 4.29. The molecule has 1 aromatic heterocycles. The highest BCUT2D eigenvalue weighted by molar-refractivity contribution is 14.0. The summed E-state index contributed by atoms with van der Waals surface area (Å²) in [7, 11) is 3.55. The Hall–Kier alpha value is 0.930. The fourth-order valence-corrected chi connectivity index (χ4v) is 3.75. The van der Waals surface area contributed by atoms with Crippen molar-refractivity contribution in [2.24, 2.45) is 4.99 Å². The lowest BCUT2D eigenvalue weighted by molar-refractivity contribution is 1.08. The van der Waals surface area contributed by atoms with Crippen LogP contribution in [0.25, 0.3) is 0 Å². The molecule has 11 heavy (non-hydrogen) atoms. The van der Waals surface area contributed by atoms with Crippen molar-refractivity contribution < 1.29 is 0 Å². The molecule has 0 aliphatic carbocycles. The second-order valence-corrected chi connectivity index (χ2v) is 4.94. The molecule has 0 saturated heterocycles. The first kappa shape index (κ1) is 11.9. The van der Waals surface area contributed by atoms with Crippen molar-refractivity contribution >= 4 is 56.4 Å². The summed E-state index contributed by atoms with van der Waals surface area (Å²) in [6.45, 7) is 2.95. The third-order valence-electron chi connectivity index (χ3n) is 0.966. The van der Waals surface area contributed by atoms with E-state index in [0.29, 0.717) is 0 Å². The third kappa shape index (κ3) is 3.91. The van der Waals surface area contributed by atoms with Crippen LogP contribution < -0.4 is 4.67 Å². The lowest BCUT2D eigenvalue weighted by Crippen LogP contribution is -1.89. The summed E-state index contributed by atoms with van der Waals surface area (Å²) in [6.07, 6.45) is 2.09. The van der Waals surface area contributed by atoms with E-state index in [0.717, 1.165) is 11.2 Å². The van der Waals surface area contributed by atoms with Crippen molar-refractivity contribution in [3.8, 4) is 0 Å². The van der Waals surface area contributed by atoms with Gasteiger partial charge in [-0.25, -0.2) is 0 Å². The SMILES string of the molecule is CC/N=c1/cc(SC)ss1.I. The predicted molar refractivity (Wildman–Crippen MR) is 65.5 cm³/mol. The van der Waals surface area contributed by atoms with Gasteiger partial charge in [0.2, 0.25) is 0 Å². The molecule has 0 atom stereocenters. The lowest BCUT2D eigenvalue weighted by atomic mass is 10.7. The predicted octanol–water partition coefficient (Wildman–Crippen LogP) is 3.07. The Morgan fingerprint density at radius 1 is 1.55 bits per heavy atom. The first-order chi connectivity index (χ1) is 4.86. The quantitative estimate of drug-likeness (QED) is 0.464. The lowest BCUT2D eigenvalue weighted by Gasteiger charge is -1.78. The van der Waals surface area contributed by atoms with E-state index >= 15 is 0 Å². The van der Waals surface area contributed by atoms with Gasteiger partial charge in [-0.05, 0) is 19.2 Å². The topological polar surface area (TPSA) is 12.4 Å². The molecule has 0 aliphatic heterocycles. The first-order valence-electron chi connectivity index (χ1n) is 3.01. The standard InChI is InChI=1S/C6H9NS3.HI/c1-3-7-5-4-6(8-2)10-9-5;/h4H,3H2,1-2H3;1H/b7-5-;. The van der Waals surface area contributed by atoms with Gasteiger partial charge in [0.25, 0.3) is 0 Å². The van der Waals surface area contributed by atoms with Crippen LogP contribution in [0.5, 0.6) is 0 Å². The smallest absolute Gasteiger partial charge is 0.122 e. The van der Waals surface area contributed by atoms with Crippen LogP contribution in [0.3, 0.4) is 0 Å². The van der Waals surface area contributed by atoms with Crippen molar-refractivity contribution in [3.05, 3.63) is 10.7 Å². The highest BCUT2D eigenvalue weighted by atomic mass is 127. The molecule has 0 radical (unpaired) electrons. The van der Waals surface area contributed by atoms with Gasteiger partial charge in [0, 0.05) is 6.54 Å². The van der Waals surface area contributed by atoms with Crippen LogP contribution in [-0.2, 0) is 0 Å². The number of hydrogen-bond donors (Lipinski definition) is 0. The Morgan fingerprint density at radius 3 is 2.73 bits per heavy atom. The molecular formula is C6H10INS3. The second-order valence-electron chi connectivity index (χ2n) is 1.65. The minimum Gasteiger partial charge on any atom is -0.274 e. The van der Waals surface area contributed by atoms with Crippen molar-refractivity contribution in [2.75, 3.05) is 12.8 Å². The molecule has 0 aliphatic rings. The van der Waals surface area contributed by atoms with Crippen molar-refractivity contribution in [3.63, 3.8) is 0 Å². The van der Waals surface area contributed by atoms with Gasteiger partial charge in [0.05, 0.1) is 4.21 Å². The maximum Gasteiger partial charge on any atom is 0.122 e. The maximum absolute atomic E-state index is 4.29. The van der Waals surface area contributed by atoms with Crippen LogP contribution in [0.4, 0.5) is 0 Å². The van der Waals surface area contributed by atoms with Crippen LogP contribution in [0.2, 0.25) is 0 Å². The first-order valence-corrected chi connectivity index (χ1v) is 6.39. The van der Waals surface area contributed by atoms with Crippen molar-refractivity contribution in [2.45, 2.75) is 11.1 Å². The van der Waals surface area contributed by atoms with Gasteiger partial charge >= 0.3 is 0 Å². The molecule has 1 heterocycles. The number of thioether (sulfide) groups is 1. The summed E-state index contributed by atoms with van der Waals surface area (Å²) in [5, 5.41) is 0. The molecule has 64 valence electrons. The molecule has 5 heteroatoms. The van der Waals surface area contributed by atoms with E-state index < -0.39 is 0 Å². The second kappa shape index (κ2) is 6.45. The Morgan fingerprint density at radius 2 is 2.27 bits per heavy atom. The molecule has 0 saturated carbocycles. The zero-order valence-electron chi connectivity index (χ0n) is 6.36. The molecule has 0 spiro atoms. The van der Waals surface area contributed by atoms with E-state index in [1.807, 2.05) is 0 Å². The largest absolute Gasteiger partial charge is 0.274 e. The van der Waals surface area contributed by atoms with Crippen LogP contribution in [0.15, 0.2) is 15.3 Å². The number of hydrogen-bond acceptors (Lipinski definition) is 4. The van der Waals surface area contributed by atoms with Crippen LogP contribution in [0.1, 0.15) is 6.92 Å². The Kier molecular flexibility index (Phi) is 6.99. The molecule has 0 unspecified atom stereocenters. The van der Waals surface area contributed by atoms with Gasteiger partial charge in [-0.15, -0.1) is 35.7 Å². The Bertz CT molecular complexity index is 252. The highest BCUT2D eigenvalue weighted by Gasteiger charge is 1.91. The minimum atomic E-state index is 0. The fourth-order valence-electron chi connectivity index (χ4n) is 0.553. The summed E-state index contributed by atoms with van der Waals surface area (Å²) >= 11 is 1.78. The van der Waals surface area contributed by atoms with E-state index in [4.69, 9.17) is 0 Å². The zero-order chi connectivity index (χ0) is 7.40. The number of halogens is 1. The summed E-state index contributed by atoms with van der Waals surface area (Å²) in [5.74, 6) is 0. The van der Waals surface area contributed by atoms with Gasteiger partial charge in [-0.2, -0.15) is 0 Å². The molecule has 1 aromatic rings. The summed E-state index contributed by atoms with van der Waals surface area (Å²) < 4.78 is 2.52. The van der Waals surface area contributed by atoms with E-state index in [9.17, 15) is 0 Å². The van der Waals surface area contributed by atoms with Crippen molar-refractivity contribution in [1.82, 2.24) is 0 Å². The van der Waals surface area contributed by atoms with E-state index in [1.54, 1.807) is 32.4 Å². The van der Waals surface area contributed by atoms with E-state index in [1.165, 1.54) is 4.21 Å². The minimum absolute atomic E-state index is 0. The summed E-state index contributed by atoms with van der Waals surface area (Å²) in [4.78, 5) is 4.29. The van der Waals surface area contributed by atoms with Crippen LogP contribution >= 0.6 is 56.4 Å². The molecule has 1 rings (SSSR count). The van der Waals surface area contributed by atoms with Gasteiger partial charge < -0.3 is 0 Å². The van der Waals surface area contributed by atoms with Gasteiger partial charge in [0.1, 0.15) is 4.67 Å². The Labute approximate surface area is 95.4 Å². The van der Waals surface area contributed by atoms with E-state index in [-0.39, 0.29) is 24.0 Å². The van der Waals surface area contributed by atoms with Crippen LogP contribution in [0, 0.1) is 0 Å². The fraction of sp³-hybridized carbons (Fsp3) is 0.500. The molecule has 0 fully saturated rings. The molecular weight excluding hydrogens is 309 g/mol. The molecule has 0 N–H and O–H groups in total. The molecule has 1 nitrogen and oxygen atoms in total. The number of nitrogens with zero attached hydrogens (tertiary/aromatic N) is 1. The molecule has 0 aromatic carbocycles. The average molecular weight is 319 g/mol. The van der Waals surface area contributed by atoms with Gasteiger partial charge in [-0.1, -0.05) is 20.7 Å². The third-order valence-corrected chi connectivity index (χ3v) is 4.64. The summed E-state index contributed by atoms with van der Waals surface area (Å²) in [5.41, 5.74) is 0.